The summed E-state index contributed by atoms with van der Waals surface area (Å²) in [6, 6.07) is -0.0259. The molecule has 0 radical (unpaired) electrons. The molecule has 2 aromatic rings. The van der Waals surface area contributed by atoms with E-state index < -0.39 is 0 Å². The predicted molar refractivity (Wildman–Crippen MR) is 107 cm³/mol. The largest absolute Gasteiger partial charge is 0.333 e. The van der Waals surface area contributed by atoms with Gasteiger partial charge < -0.3 is 9.80 Å². The summed E-state index contributed by atoms with van der Waals surface area (Å²) in [5.41, 5.74) is 4.56. The highest BCUT2D eigenvalue weighted by Gasteiger charge is 2.32. The molecule has 1 atom stereocenters. The molecule has 4 heterocycles. The van der Waals surface area contributed by atoms with E-state index >= 15 is 0 Å². The van der Waals surface area contributed by atoms with Crippen LogP contribution < -0.4 is 0 Å². The molecule has 0 aliphatic carbocycles. The highest BCUT2D eigenvalue weighted by molar-refractivity contribution is 5.94. The summed E-state index contributed by atoms with van der Waals surface area (Å²) in [4.78, 5) is 38.1. The van der Waals surface area contributed by atoms with Gasteiger partial charge in [0.1, 0.15) is 5.69 Å². The van der Waals surface area contributed by atoms with Crippen LogP contribution in [0.25, 0.3) is 0 Å². The minimum absolute atomic E-state index is 0.00507. The Bertz CT molecular complexity index is 966. The fourth-order valence-corrected chi connectivity index (χ4v) is 4.55. The van der Waals surface area contributed by atoms with E-state index in [0.29, 0.717) is 25.2 Å². The van der Waals surface area contributed by atoms with Crippen LogP contribution in [-0.4, -0.2) is 54.5 Å². The van der Waals surface area contributed by atoms with Gasteiger partial charge in [-0.2, -0.15) is 5.10 Å². The number of rotatable bonds is 3. The molecule has 2 aliphatic heterocycles. The zero-order valence-electron chi connectivity index (χ0n) is 17.6. The molecule has 154 valence electrons. The Kier molecular flexibility index (Phi) is 5.10. The summed E-state index contributed by atoms with van der Waals surface area (Å²) in [5.74, 6) is 0.806. The third-order valence-corrected chi connectivity index (χ3v) is 6.11. The van der Waals surface area contributed by atoms with Gasteiger partial charge in [0.25, 0.3) is 5.91 Å². The molecule has 2 amide bonds. The molecule has 0 spiro atoms. The van der Waals surface area contributed by atoms with Crippen molar-refractivity contribution in [3.05, 3.63) is 40.2 Å². The van der Waals surface area contributed by atoms with E-state index in [2.05, 4.69) is 10.1 Å². The van der Waals surface area contributed by atoms with Crippen LogP contribution in [0.15, 0.2) is 6.20 Å². The number of hydrogen-bond acceptors (Lipinski definition) is 5. The molecule has 2 aromatic heterocycles. The molecular weight excluding hydrogens is 368 g/mol. The topological polar surface area (TPSA) is 84.2 Å². The Labute approximate surface area is 170 Å². The van der Waals surface area contributed by atoms with Gasteiger partial charge in [-0.15, -0.1) is 0 Å². The summed E-state index contributed by atoms with van der Waals surface area (Å²) >= 11 is 0. The molecule has 1 unspecified atom stereocenters. The van der Waals surface area contributed by atoms with Crippen LogP contribution in [-0.2, 0) is 31.2 Å². The fourth-order valence-electron chi connectivity index (χ4n) is 4.55. The van der Waals surface area contributed by atoms with Crippen molar-refractivity contribution in [3.63, 3.8) is 0 Å². The average molecular weight is 396 g/mol. The van der Waals surface area contributed by atoms with Crippen LogP contribution in [0.3, 0.4) is 0 Å². The monoisotopic (exact) mass is 396 g/mol. The molecule has 1 saturated heterocycles. The van der Waals surface area contributed by atoms with Crippen molar-refractivity contribution in [1.29, 1.82) is 0 Å². The van der Waals surface area contributed by atoms with Gasteiger partial charge in [0.15, 0.2) is 5.82 Å². The fraction of sp³-hybridized carbons (Fsp3) is 0.571. The van der Waals surface area contributed by atoms with Crippen LogP contribution >= 0.6 is 0 Å². The van der Waals surface area contributed by atoms with Gasteiger partial charge in [-0.3, -0.25) is 14.3 Å². The van der Waals surface area contributed by atoms with Crippen molar-refractivity contribution in [2.75, 3.05) is 13.1 Å². The maximum atomic E-state index is 13.2. The van der Waals surface area contributed by atoms with E-state index in [-0.39, 0.29) is 17.9 Å². The molecule has 0 bridgehead atoms. The van der Waals surface area contributed by atoms with Gasteiger partial charge in [-0.1, -0.05) is 6.92 Å². The number of fused-ring (bicyclic) bond motifs is 1. The van der Waals surface area contributed by atoms with Crippen molar-refractivity contribution < 1.29 is 9.59 Å². The molecule has 0 saturated carbocycles. The van der Waals surface area contributed by atoms with E-state index in [4.69, 9.17) is 4.98 Å². The summed E-state index contributed by atoms with van der Waals surface area (Å²) < 4.78 is 1.70. The Hall–Kier alpha value is -2.77. The van der Waals surface area contributed by atoms with E-state index in [9.17, 15) is 9.59 Å². The van der Waals surface area contributed by atoms with Crippen LogP contribution in [0.5, 0.6) is 0 Å². The maximum Gasteiger partial charge on any atom is 0.272 e. The summed E-state index contributed by atoms with van der Waals surface area (Å²) in [6.07, 6.45) is 5.23. The highest BCUT2D eigenvalue weighted by Crippen LogP contribution is 2.31. The second kappa shape index (κ2) is 7.57. The maximum absolute atomic E-state index is 13.2. The number of hydrogen-bond donors (Lipinski definition) is 0. The molecule has 8 heteroatoms. The van der Waals surface area contributed by atoms with Crippen LogP contribution in [0, 0.1) is 6.92 Å². The number of aryl methyl sites for hydroxylation is 2. The third-order valence-electron chi connectivity index (χ3n) is 6.11. The van der Waals surface area contributed by atoms with Gasteiger partial charge >= 0.3 is 0 Å². The van der Waals surface area contributed by atoms with Crippen molar-refractivity contribution in [2.45, 2.75) is 59.0 Å². The number of carbonyl (C=O) groups is 2. The van der Waals surface area contributed by atoms with Crippen LogP contribution in [0.1, 0.15) is 71.6 Å². The average Bonchev–Trinajstić information content (AvgIpc) is 3.31. The van der Waals surface area contributed by atoms with Crippen molar-refractivity contribution >= 4 is 11.8 Å². The minimum Gasteiger partial charge on any atom is -0.333 e. The number of carbonyl (C=O) groups excluding carboxylic acids is 2. The summed E-state index contributed by atoms with van der Waals surface area (Å²) in [5, 5.41) is 4.48. The number of aromatic nitrogens is 4. The Morgan fingerprint density at radius 2 is 2.07 bits per heavy atom. The Morgan fingerprint density at radius 1 is 1.28 bits per heavy atom. The first-order valence-electron chi connectivity index (χ1n) is 10.3. The lowest BCUT2D eigenvalue weighted by Crippen LogP contribution is -2.38. The lowest BCUT2D eigenvalue weighted by atomic mass is 10.0. The summed E-state index contributed by atoms with van der Waals surface area (Å²) in [6.45, 7) is 7.51. The first-order valence-corrected chi connectivity index (χ1v) is 10.3. The summed E-state index contributed by atoms with van der Waals surface area (Å²) in [7, 11) is 1.83. The molecule has 4 rings (SSSR count). The predicted octanol–water partition coefficient (Wildman–Crippen LogP) is 1.96. The number of nitrogens with zero attached hydrogens (tertiary/aromatic N) is 6. The zero-order valence-corrected chi connectivity index (χ0v) is 17.6. The molecule has 1 fully saturated rings. The smallest absolute Gasteiger partial charge is 0.272 e. The van der Waals surface area contributed by atoms with Crippen molar-refractivity contribution in [2.24, 2.45) is 7.05 Å². The minimum atomic E-state index is -0.0259. The van der Waals surface area contributed by atoms with Crippen LogP contribution in [0.4, 0.5) is 0 Å². The van der Waals surface area contributed by atoms with E-state index in [1.54, 1.807) is 11.6 Å². The molecule has 2 aliphatic rings. The van der Waals surface area contributed by atoms with Gasteiger partial charge in [0.05, 0.1) is 17.4 Å². The second-order valence-corrected chi connectivity index (χ2v) is 7.94. The normalized spacial score (nSPS) is 18.8. The van der Waals surface area contributed by atoms with Gasteiger partial charge in [-0.05, 0) is 26.2 Å². The third kappa shape index (κ3) is 3.41. The van der Waals surface area contributed by atoms with E-state index in [1.807, 2.05) is 36.9 Å². The lowest BCUT2D eigenvalue weighted by Gasteiger charge is -2.29. The molecule has 0 N–H and O–H groups in total. The van der Waals surface area contributed by atoms with Gasteiger partial charge in [0, 0.05) is 57.4 Å². The molecule has 0 aromatic carbocycles. The Morgan fingerprint density at radius 3 is 2.76 bits per heavy atom. The first-order chi connectivity index (χ1) is 13.9. The standard InChI is InChI=1S/C21H28N6O2/c1-5-16-13(2)19(25(4)24-16)21(29)26-10-8-17-15(12-26)11-22-20(23-17)18-7-6-9-27(18)14(3)28/h11,18H,5-10,12H2,1-4H3. The van der Waals surface area contributed by atoms with E-state index in [1.165, 1.54) is 0 Å². The first kappa shape index (κ1) is 19.5. The van der Waals surface area contributed by atoms with Crippen LogP contribution in [0.2, 0.25) is 0 Å². The quantitative estimate of drug-likeness (QED) is 0.792. The molecule has 8 nitrogen and oxygen atoms in total. The molecule has 29 heavy (non-hydrogen) atoms. The Balaban J connectivity index is 1.55. The highest BCUT2D eigenvalue weighted by atomic mass is 16.2. The lowest BCUT2D eigenvalue weighted by molar-refractivity contribution is -0.129. The second-order valence-electron chi connectivity index (χ2n) is 7.94. The van der Waals surface area contributed by atoms with Crippen molar-refractivity contribution in [3.8, 4) is 0 Å². The van der Waals surface area contributed by atoms with E-state index in [0.717, 1.165) is 54.1 Å². The number of amides is 2. The van der Waals surface area contributed by atoms with Gasteiger partial charge in [0.2, 0.25) is 5.91 Å². The van der Waals surface area contributed by atoms with Crippen molar-refractivity contribution in [1.82, 2.24) is 29.5 Å². The van der Waals surface area contributed by atoms with Gasteiger partial charge in [-0.25, -0.2) is 9.97 Å². The molecular formula is C21H28N6O2. The zero-order chi connectivity index (χ0) is 20.7. The number of likely N-dealkylation sites (tertiary alicyclic amines) is 1. The SMILES string of the molecule is CCc1nn(C)c(C(=O)N2CCc3nc(C4CCCN4C(C)=O)ncc3C2)c1C.